The first-order valence-corrected chi connectivity index (χ1v) is 8.97. The van der Waals surface area contributed by atoms with E-state index in [9.17, 15) is 0 Å². The summed E-state index contributed by atoms with van der Waals surface area (Å²) < 4.78 is 2.40. The fourth-order valence-electron chi connectivity index (χ4n) is 3.91. The number of rotatable bonds is 2. The summed E-state index contributed by atoms with van der Waals surface area (Å²) in [7, 11) is 2.19. The maximum atomic E-state index is 2.40. The molecule has 5 aromatic rings. The monoisotopic (exact) mass is 331 g/mol. The Labute approximate surface area is 153 Å². The van der Waals surface area contributed by atoms with E-state index in [4.69, 9.17) is 0 Å². The topological polar surface area (TPSA) is 4.93 Å². The van der Waals surface area contributed by atoms with Crippen molar-refractivity contribution < 1.29 is 0 Å². The molecule has 1 heterocycles. The second-order valence-electron chi connectivity index (χ2n) is 6.74. The van der Waals surface area contributed by atoms with Gasteiger partial charge in [0.25, 0.3) is 0 Å². The Hall–Kier alpha value is -3.26. The SMILES string of the molecule is Bc1cccc2c3ccccc3n(-c3cccc(-c4ccccc4)c3)c12. The molecule has 2 heteroatoms. The third-order valence-corrected chi connectivity index (χ3v) is 5.11. The van der Waals surface area contributed by atoms with Crippen molar-refractivity contribution >= 4 is 35.1 Å². The van der Waals surface area contributed by atoms with E-state index in [1.165, 1.54) is 44.1 Å². The lowest BCUT2D eigenvalue weighted by molar-refractivity contribution is 1.19. The van der Waals surface area contributed by atoms with Crippen molar-refractivity contribution in [2.75, 3.05) is 0 Å². The van der Waals surface area contributed by atoms with Crippen LogP contribution in [0.1, 0.15) is 0 Å². The minimum absolute atomic E-state index is 1.20. The molecule has 0 saturated carbocycles. The van der Waals surface area contributed by atoms with E-state index in [1.54, 1.807) is 0 Å². The second-order valence-corrected chi connectivity index (χ2v) is 6.74. The molecular formula is C24H18BN. The summed E-state index contributed by atoms with van der Waals surface area (Å²) in [5.74, 6) is 0. The van der Waals surface area contributed by atoms with Gasteiger partial charge < -0.3 is 4.57 Å². The van der Waals surface area contributed by atoms with Crippen molar-refractivity contribution in [3.05, 3.63) is 97.1 Å². The summed E-state index contributed by atoms with van der Waals surface area (Å²) in [5, 5.41) is 2.61. The predicted molar refractivity (Wildman–Crippen MR) is 114 cm³/mol. The zero-order valence-corrected chi connectivity index (χ0v) is 14.7. The van der Waals surface area contributed by atoms with Crippen molar-refractivity contribution in [1.82, 2.24) is 4.57 Å². The zero-order chi connectivity index (χ0) is 17.5. The lowest BCUT2D eigenvalue weighted by Crippen LogP contribution is -2.07. The third kappa shape index (κ3) is 2.27. The third-order valence-electron chi connectivity index (χ3n) is 5.11. The normalized spacial score (nSPS) is 11.2. The predicted octanol–water partition coefficient (Wildman–Crippen LogP) is 4.71. The van der Waals surface area contributed by atoms with Gasteiger partial charge in [-0.05, 0) is 29.3 Å². The highest BCUT2D eigenvalue weighted by molar-refractivity contribution is 6.39. The van der Waals surface area contributed by atoms with Crippen molar-refractivity contribution in [1.29, 1.82) is 0 Å². The molecule has 0 aliphatic carbocycles. The van der Waals surface area contributed by atoms with Crippen LogP contribution in [0.4, 0.5) is 0 Å². The molecule has 122 valence electrons. The Morgan fingerprint density at radius 3 is 2.15 bits per heavy atom. The molecule has 0 N–H and O–H groups in total. The van der Waals surface area contributed by atoms with Gasteiger partial charge >= 0.3 is 0 Å². The maximum absolute atomic E-state index is 2.40. The van der Waals surface area contributed by atoms with E-state index in [0.717, 1.165) is 0 Å². The standard InChI is InChI=1S/C24H18BN/c25-22-14-7-13-21-20-12-4-5-15-23(20)26(24(21)22)19-11-6-10-18(16-19)17-8-2-1-3-9-17/h1-16H,25H2. The molecule has 0 fully saturated rings. The summed E-state index contributed by atoms with van der Waals surface area (Å²) in [4.78, 5) is 0. The number of nitrogens with zero attached hydrogens (tertiary/aromatic N) is 1. The number of aromatic nitrogens is 1. The molecule has 4 aromatic carbocycles. The second kappa shape index (κ2) is 5.92. The van der Waals surface area contributed by atoms with E-state index >= 15 is 0 Å². The summed E-state index contributed by atoms with van der Waals surface area (Å²) in [5.41, 5.74) is 7.52. The smallest absolute Gasteiger partial charge is 0.142 e. The molecule has 26 heavy (non-hydrogen) atoms. The summed E-state index contributed by atoms with van der Waals surface area (Å²) >= 11 is 0. The average Bonchev–Trinajstić information content (AvgIpc) is 3.05. The minimum Gasteiger partial charge on any atom is -0.310 e. The molecular weight excluding hydrogens is 313 g/mol. The lowest BCUT2D eigenvalue weighted by atomic mass is 9.93. The zero-order valence-electron chi connectivity index (χ0n) is 14.7. The average molecular weight is 331 g/mol. The number of hydrogen-bond donors (Lipinski definition) is 0. The van der Waals surface area contributed by atoms with Gasteiger partial charge in [0.1, 0.15) is 7.85 Å². The van der Waals surface area contributed by atoms with Gasteiger partial charge in [0.2, 0.25) is 0 Å². The van der Waals surface area contributed by atoms with E-state index in [-0.39, 0.29) is 0 Å². The first-order chi connectivity index (χ1) is 12.8. The molecule has 1 nitrogen and oxygen atoms in total. The molecule has 0 saturated heterocycles. The molecule has 1 aromatic heterocycles. The van der Waals surface area contributed by atoms with E-state index in [0.29, 0.717) is 0 Å². The first kappa shape index (κ1) is 15.0. The van der Waals surface area contributed by atoms with Crippen LogP contribution < -0.4 is 5.46 Å². The van der Waals surface area contributed by atoms with Crippen LogP contribution in [0, 0.1) is 0 Å². The molecule has 0 aliphatic rings. The van der Waals surface area contributed by atoms with Crippen LogP contribution in [0.5, 0.6) is 0 Å². The van der Waals surface area contributed by atoms with Crippen LogP contribution in [-0.4, -0.2) is 12.4 Å². The number of hydrogen-bond acceptors (Lipinski definition) is 0. The summed E-state index contributed by atoms with van der Waals surface area (Å²) in [6.45, 7) is 0. The van der Waals surface area contributed by atoms with Crippen LogP contribution in [0.3, 0.4) is 0 Å². The van der Waals surface area contributed by atoms with E-state index < -0.39 is 0 Å². The number of para-hydroxylation sites is 2. The molecule has 0 radical (unpaired) electrons. The van der Waals surface area contributed by atoms with Gasteiger partial charge in [0.05, 0.1) is 5.52 Å². The lowest BCUT2D eigenvalue weighted by Gasteiger charge is -2.11. The van der Waals surface area contributed by atoms with Crippen molar-refractivity contribution in [3.8, 4) is 16.8 Å². The Kier molecular flexibility index (Phi) is 3.43. The Balaban J connectivity index is 1.85. The molecule has 0 bridgehead atoms. The number of benzene rings is 4. The fourth-order valence-corrected chi connectivity index (χ4v) is 3.91. The van der Waals surface area contributed by atoms with Crippen molar-refractivity contribution in [2.24, 2.45) is 0 Å². The van der Waals surface area contributed by atoms with Gasteiger partial charge in [-0.3, -0.25) is 0 Å². The largest absolute Gasteiger partial charge is 0.310 e. The summed E-state index contributed by atoms with van der Waals surface area (Å²) in [6.07, 6.45) is 0. The van der Waals surface area contributed by atoms with Gasteiger partial charge in [-0.25, -0.2) is 0 Å². The van der Waals surface area contributed by atoms with Gasteiger partial charge in [-0.15, -0.1) is 0 Å². The van der Waals surface area contributed by atoms with Gasteiger partial charge in [0.15, 0.2) is 0 Å². The molecule has 0 amide bonds. The highest BCUT2D eigenvalue weighted by Crippen LogP contribution is 2.32. The highest BCUT2D eigenvalue weighted by Gasteiger charge is 2.13. The maximum Gasteiger partial charge on any atom is 0.142 e. The fraction of sp³-hybridized carbons (Fsp3) is 0. The first-order valence-electron chi connectivity index (χ1n) is 8.97. The van der Waals surface area contributed by atoms with Gasteiger partial charge in [0, 0.05) is 22.0 Å². The molecule has 0 unspecified atom stereocenters. The van der Waals surface area contributed by atoms with Crippen molar-refractivity contribution in [2.45, 2.75) is 0 Å². The van der Waals surface area contributed by atoms with E-state index in [2.05, 4.69) is 109 Å². The molecule has 5 rings (SSSR count). The number of fused-ring (bicyclic) bond motifs is 3. The summed E-state index contributed by atoms with van der Waals surface area (Å²) in [6, 6.07) is 34.6. The van der Waals surface area contributed by atoms with Crippen LogP contribution in [0.15, 0.2) is 97.1 Å². The van der Waals surface area contributed by atoms with Crippen LogP contribution >= 0.6 is 0 Å². The Morgan fingerprint density at radius 1 is 0.577 bits per heavy atom. The van der Waals surface area contributed by atoms with Crippen LogP contribution in [-0.2, 0) is 0 Å². The molecule has 0 aliphatic heterocycles. The van der Waals surface area contributed by atoms with Gasteiger partial charge in [-0.2, -0.15) is 0 Å². The van der Waals surface area contributed by atoms with Crippen LogP contribution in [0.2, 0.25) is 0 Å². The van der Waals surface area contributed by atoms with Gasteiger partial charge in [-0.1, -0.05) is 84.3 Å². The Morgan fingerprint density at radius 2 is 1.27 bits per heavy atom. The van der Waals surface area contributed by atoms with Crippen molar-refractivity contribution in [3.63, 3.8) is 0 Å². The minimum atomic E-state index is 1.20. The van der Waals surface area contributed by atoms with E-state index in [1.807, 2.05) is 0 Å². The van der Waals surface area contributed by atoms with Crippen LogP contribution in [0.25, 0.3) is 38.6 Å². The Bertz CT molecular complexity index is 1240. The quantitative estimate of drug-likeness (QED) is 0.413. The highest BCUT2D eigenvalue weighted by atomic mass is 15.0. The molecule has 0 spiro atoms. The molecule has 0 atom stereocenters.